The predicted molar refractivity (Wildman–Crippen MR) is 46.9 cm³/mol. The molecule has 0 aliphatic heterocycles. The van der Waals surface area contributed by atoms with Crippen molar-refractivity contribution in [2.45, 2.75) is 6.04 Å². The van der Waals surface area contributed by atoms with Crippen molar-refractivity contribution in [2.75, 3.05) is 7.05 Å². The minimum absolute atomic E-state index is 0.0751. The smallest absolute Gasteiger partial charge is 0.194 e. The Bertz CT molecular complexity index is 382. The molecule has 74 valence electrons. The number of halogens is 3. The summed E-state index contributed by atoms with van der Waals surface area (Å²) in [6.45, 7) is 0. The van der Waals surface area contributed by atoms with E-state index in [1.807, 2.05) is 0 Å². The number of hydrogen-bond donors (Lipinski definition) is 1. The van der Waals surface area contributed by atoms with E-state index >= 15 is 0 Å². The topological polar surface area (TPSA) is 12.0 Å². The van der Waals surface area contributed by atoms with Crippen molar-refractivity contribution in [3.63, 3.8) is 0 Å². The molecule has 0 aliphatic rings. The fraction of sp³-hybridized carbons (Fsp3) is 0.200. The predicted octanol–water partition coefficient (Wildman–Crippen LogP) is 2.00. The van der Waals surface area contributed by atoms with E-state index in [2.05, 4.69) is 11.2 Å². The van der Waals surface area contributed by atoms with Crippen LogP contribution in [0.25, 0.3) is 0 Å². The first kappa shape index (κ1) is 10.6. The van der Waals surface area contributed by atoms with Crippen LogP contribution in [0.3, 0.4) is 0 Å². The first-order valence-corrected chi connectivity index (χ1v) is 3.88. The molecule has 1 rings (SSSR count). The number of benzene rings is 1. The van der Waals surface area contributed by atoms with Crippen molar-refractivity contribution in [3.8, 4) is 12.3 Å². The molecule has 1 unspecified atom stereocenters. The van der Waals surface area contributed by atoms with E-state index in [-0.39, 0.29) is 5.56 Å². The minimum atomic E-state index is -1.50. The third-order valence-electron chi connectivity index (χ3n) is 1.83. The molecule has 0 aliphatic carbocycles. The van der Waals surface area contributed by atoms with Crippen LogP contribution in [0.15, 0.2) is 12.1 Å². The van der Waals surface area contributed by atoms with Crippen molar-refractivity contribution in [2.24, 2.45) is 0 Å². The number of terminal acetylenes is 1. The zero-order chi connectivity index (χ0) is 10.7. The molecule has 0 saturated heterocycles. The summed E-state index contributed by atoms with van der Waals surface area (Å²) < 4.78 is 38.5. The SMILES string of the molecule is C#CC(NC)c1ccc(F)c(F)c1F. The molecule has 0 spiro atoms. The Morgan fingerprint density at radius 1 is 1.29 bits per heavy atom. The van der Waals surface area contributed by atoms with Gasteiger partial charge < -0.3 is 5.32 Å². The summed E-state index contributed by atoms with van der Waals surface area (Å²) in [5.41, 5.74) is -0.0751. The summed E-state index contributed by atoms with van der Waals surface area (Å²) in [7, 11) is 1.51. The standard InChI is InChI=1S/C10H8F3N/c1-3-8(14-2)6-4-5-7(11)10(13)9(6)12/h1,4-5,8,14H,2H3. The van der Waals surface area contributed by atoms with Gasteiger partial charge >= 0.3 is 0 Å². The van der Waals surface area contributed by atoms with Crippen LogP contribution in [0.2, 0.25) is 0 Å². The Labute approximate surface area is 79.9 Å². The second-order valence-electron chi connectivity index (χ2n) is 2.65. The second-order valence-corrected chi connectivity index (χ2v) is 2.65. The van der Waals surface area contributed by atoms with Gasteiger partial charge in [-0.25, -0.2) is 13.2 Å². The summed E-state index contributed by atoms with van der Waals surface area (Å²) in [5.74, 6) is -1.76. The largest absolute Gasteiger partial charge is 0.303 e. The molecule has 4 heteroatoms. The van der Waals surface area contributed by atoms with Crippen molar-refractivity contribution in [3.05, 3.63) is 35.1 Å². The van der Waals surface area contributed by atoms with E-state index in [1.54, 1.807) is 0 Å². The quantitative estimate of drug-likeness (QED) is 0.567. The van der Waals surface area contributed by atoms with Crippen molar-refractivity contribution >= 4 is 0 Å². The lowest BCUT2D eigenvalue weighted by Crippen LogP contribution is -2.16. The van der Waals surface area contributed by atoms with Gasteiger partial charge in [0, 0.05) is 5.56 Å². The van der Waals surface area contributed by atoms with Crippen LogP contribution in [0, 0.1) is 29.8 Å². The van der Waals surface area contributed by atoms with E-state index in [0.29, 0.717) is 0 Å². The van der Waals surface area contributed by atoms with E-state index in [9.17, 15) is 13.2 Å². The van der Waals surface area contributed by atoms with Crippen molar-refractivity contribution < 1.29 is 13.2 Å². The molecule has 1 aromatic rings. The molecular weight excluding hydrogens is 191 g/mol. The molecule has 0 saturated carbocycles. The Morgan fingerprint density at radius 3 is 2.43 bits per heavy atom. The summed E-state index contributed by atoms with van der Waals surface area (Å²) >= 11 is 0. The van der Waals surface area contributed by atoms with Crippen LogP contribution in [-0.2, 0) is 0 Å². The highest BCUT2D eigenvalue weighted by Crippen LogP contribution is 2.20. The normalized spacial score (nSPS) is 12.2. The average molecular weight is 199 g/mol. The molecule has 0 heterocycles. The van der Waals surface area contributed by atoms with Gasteiger partial charge in [-0.05, 0) is 13.1 Å². The summed E-state index contributed by atoms with van der Waals surface area (Å²) in [6.07, 6.45) is 5.08. The van der Waals surface area contributed by atoms with E-state index in [0.717, 1.165) is 12.1 Å². The Hall–Kier alpha value is -1.47. The third-order valence-corrected chi connectivity index (χ3v) is 1.83. The molecule has 0 fully saturated rings. The summed E-state index contributed by atoms with van der Waals surface area (Å²) in [5, 5.41) is 2.59. The van der Waals surface area contributed by atoms with Crippen LogP contribution in [0.4, 0.5) is 13.2 Å². The average Bonchev–Trinajstić information content (AvgIpc) is 2.19. The van der Waals surface area contributed by atoms with Gasteiger partial charge in [0.05, 0.1) is 6.04 Å². The molecule has 0 radical (unpaired) electrons. The highest BCUT2D eigenvalue weighted by Gasteiger charge is 2.17. The summed E-state index contributed by atoms with van der Waals surface area (Å²) in [4.78, 5) is 0. The third kappa shape index (κ3) is 1.73. The molecule has 14 heavy (non-hydrogen) atoms. The molecule has 1 N–H and O–H groups in total. The van der Waals surface area contributed by atoms with Crippen molar-refractivity contribution in [1.82, 2.24) is 5.32 Å². The van der Waals surface area contributed by atoms with Crippen molar-refractivity contribution in [1.29, 1.82) is 0 Å². The van der Waals surface area contributed by atoms with Crippen LogP contribution in [0.5, 0.6) is 0 Å². The maximum Gasteiger partial charge on any atom is 0.194 e. The van der Waals surface area contributed by atoms with E-state index in [4.69, 9.17) is 6.42 Å². The monoisotopic (exact) mass is 199 g/mol. The highest BCUT2D eigenvalue weighted by atomic mass is 19.2. The molecule has 1 nitrogen and oxygen atoms in total. The van der Waals surface area contributed by atoms with Crippen LogP contribution in [0.1, 0.15) is 11.6 Å². The molecule has 1 atom stereocenters. The highest BCUT2D eigenvalue weighted by molar-refractivity contribution is 5.28. The minimum Gasteiger partial charge on any atom is -0.303 e. The first-order chi connectivity index (χ1) is 6.61. The number of rotatable bonds is 2. The fourth-order valence-electron chi connectivity index (χ4n) is 1.09. The van der Waals surface area contributed by atoms with Gasteiger partial charge in [-0.1, -0.05) is 12.0 Å². The van der Waals surface area contributed by atoms with Gasteiger partial charge in [-0.3, -0.25) is 0 Å². The zero-order valence-electron chi connectivity index (χ0n) is 7.44. The maximum atomic E-state index is 13.1. The zero-order valence-corrected chi connectivity index (χ0v) is 7.44. The first-order valence-electron chi connectivity index (χ1n) is 3.88. The number of nitrogens with one attached hydrogen (secondary N) is 1. The fourth-order valence-corrected chi connectivity index (χ4v) is 1.09. The molecule has 0 aromatic heterocycles. The second kappa shape index (κ2) is 4.16. The summed E-state index contributed by atoms with van der Waals surface area (Å²) in [6, 6.07) is 1.20. The van der Waals surface area contributed by atoms with Gasteiger partial charge in [0.25, 0.3) is 0 Å². The molecular formula is C10H8F3N. The number of hydrogen-bond acceptors (Lipinski definition) is 1. The molecule has 1 aromatic carbocycles. The Kier molecular flexibility index (Phi) is 3.15. The van der Waals surface area contributed by atoms with Gasteiger partial charge in [0.1, 0.15) is 0 Å². The lowest BCUT2D eigenvalue weighted by atomic mass is 10.1. The lowest BCUT2D eigenvalue weighted by molar-refractivity contribution is 0.437. The Balaban J connectivity index is 3.24. The van der Waals surface area contributed by atoms with Crippen LogP contribution in [-0.4, -0.2) is 7.05 Å². The Morgan fingerprint density at radius 2 is 1.93 bits per heavy atom. The maximum absolute atomic E-state index is 13.1. The van der Waals surface area contributed by atoms with Gasteiger partial charge in [0.2, 0.25) is 0 Å². The molecule has 0 amide bonds. The lowest BCUT2D eigenvalue weighted by Gasteiger charge is -2.11. The van der Waals surface area contributed by atoms with Crippen LogP contribution < -0.4 is 5.32 Å². The van der Waals surface area contributed by atoms with Gasteiger partial charge in [-0.2, -0.15) is 0 Å². The molecule has 0 bridgehead atoms. The van der Waals surface area contributed by atoms with Crippen LogP contribution >= 0.6 is 0 Å². The van der Waals surface area contributed by atoms with Gasteiger partial charge in [0.15, 0.2) is 17.5 Å². The van der Waals surface area contributed by atoms with E-state index in [1.165, 1.54) is 7.05 Å². The van der Waals surface area contributed by atoms with Gasteiger partial charge in [-0.15, -0.1) is 6.42 Å². The van der Waals surface area contributed by atoms with E-state index < -0.39 is 23.5 Å².